The molecule has 0 unspecified atom stereocenters. The largest absolute Gasteiger partial charge is 0.490 e. The first-order valence-corrected chi connectivity index (χ1v) is 9.43. The topological polar surface area (TPSA) is 60.9 Å². The highest BCUT2D eigenvalue weighted by Crippen LogP contribution is 2.49. The van der Waals surface area contributed by atoms with Crippen molar-refractivity contribution in [3.63, 3.8) is 0 Å². The Morgan fingerprint density at radius 1 is 1.35 bits per heavy atom. The van der Waals surface area contributed by atoms with E-state index in [9.17, 15) is 4.79 Å². The monoisotopic (exact) mass is 362 g/mol. The molecule has 1 aliphatic heterocycles. The van der Waals surface area contributed by atoms with Crippen molar-refractivity contribution in [3.05, 3.63) is 24.0 Å². The lowest BCUT2D eigenvalue weighted by Gasteiger charge is -2.40. The third kappa shape index (κ3) is 4.87. The van der Waals surface area contributed by atoms with Crippen LogP contribution in [0.1, 0.15) is 51.5 Å². The summed E-state index contributed by atoms with van der Waals surface area (Å²) in [6, 6.07) is 2.16. The van der Waals surface area contributed by atoms with Gasteiger partial charge in [-0.15, -0.1) is 0 Å². The summed E-state index contributed by atoms with van der Waals surface area (Å²) in [5.74, 6) is 2.04. The molecule has 0 spiro atoms. The number of hydrogen-bond donors (Lipinski definition) is 0. The third-order valence-corrected chi connectivity index (χ3v) is 4.99. The molecule has 0 aromatic carbocycles. The van der Waals surface area contributed by atoms with Gasteiger partial charge in [0.1, 0.15) is 18.0 Å². The number of amides is 1. The smallest absolute Gasteiger partial charge is 0.410 e. The molecule has 2 heterocycles. The van der Waals surface area contributed by atoms with Gasteiger partial charge in [0.05, 0.1) is 12.2 Å². The normalized spacial score (nSPS) is 24.8. The van der Waals surface area contributed by atoms with Crippen molar-refractivity contribution in [1.82, 2.24) is 9.88 Å². The number of methoxy groups -OCH3 is 1. The van der Waals surface area contributed by atoms with Crippen molar-refractivity contribution in [1.29, 1.82) is 0 Å². The first-order chi connectivity index (χ1) is 12.4. The molecular weight excluding hydrogens is 332 g/mol. The standard InChI is InChI=1S/C20H30N2O4/c1-20(2,3)26-19(23)22-7-5-16(22)13-25-17-9-15(11-21-12-17)18-10-14(18)6-8-24-4/h9,11-12,14,16,18H,5-8,10,13H2,1-4H3/t14-,16-,18-/m0/s1. The van der Waals surface area contributed by atoms with Crippen LogP contribution >= 0.6 is 0 Å². The maximum Gasteiger partial charge on any atom is 0.410 e. The van der Waals surface area contributed by atoms with Crippen molar-refractivity contribution in [2.24, 2.45) is 5.92 Å². The number of pyridine rings is 1. The van der Waals surface area contributed by atoms with Crippen molar-refractivity contribution in [3.8, 4) is 5.75 Å². The fourth-order valence-electron chi connectivity index (χ4n) is 3.33. The van der Waals surface area contributed by atoms with Crippen LogP contribution in [0.4, 0.5) is 4.79 Å². The molecule has 1 aliphatic carbocycles. The van der Waals surface area contributed by atoms with Crippen LogP contribution < -0.4 is 4.74 Å². The van der Waals surface area contributed by atoms with Gasteiger partial charge in [0.15, 0.2) is 0 Å². The molecule has 2 fully saturated rings. The van der Waals surface area contributed by atoms with Crippen molar-refractivity contribution in [2.75, 3.05) is 26.9 Å². The molecule has 2 aliphatic rings. The minimum atomic E-state index is -0.472. The molecule has 1 amide bonds. The van der Waals surface area contributed by atoms with Crippen LogP contribution in [0.2, 0.25) is 0 Å². The Balaban J connectivity index is 1.48. The van der Waals surface area contributed by atoms with Crippen molar-refractivity contribution in [2.45, 2.75) is 57.6 Å². The van der Waals surface area contributed by atoms with E-state index in [0.717, 1.165) is 31.7 Å². The first-order valence-electron chi connectivity index (χ1n) is 9.43. The number of rotatable bonds is 7. The first kappa shape index (κ1) is 19.0. The Morgan fingerprint density at radius 2 is 2.15 bits per heavy atom. The summed E-state index contributed by atoms with van der Waals surface area (Å²) < 4.78 is 16.5. The summed E-state index contributed by atoms with van der Waals surface area (Å²) in [6.45, 7) is 7.65. The average molecular weight is 362 g/mol. The molecule has 1 saturated carbocycles. The minimum Gasteiger partial charge on any atom is -0.490 e. The van der Waals surface area contributed by atoms with E-state index in [-0.39, 0.29) is 12.1 Å². The number of aromatic nitrogens is 1. The lowest BCUT2D eigenvalue weighted by molar-refractivity contribution is -0.0141. The molecule has 1 aromatic heterocycles. The number of likely N-dealkylation sites (tertiary alicyclic amines) is 1. The number of hydrogen-bond acceptors (Lipinski definition) is 5. The Morgan fingerprint density at radius 3 is 2.81 bits per heavy atom. The molecule has 3 rings (SSSR count). The van der Waals surface area contributed by atoms with E-state index in [0.29, 0.717) is 18.4 Å². The minimum absolute atomic E-state index is 0.0730. The molecule has 0 bridgehead atoms. The van der Waals surface area contributed by atoms with Gasteiger partial charge in [-0.25, -0.2) is 4.79 Å². The Hall–Kier alpha value is -1.82. The van der Waals surface area contributed by atoms with Gasteiger partial charge in [-0.2, -0.15) is 0 Å². The van der Waals surface area contributed by atoms with Gasteiger partial charge in [0.25, 0.3) is 0 Å². The number of nitrogens with zero attached hydrogens (tertiary/aromatic N) is 2. The summed E-state index contributed by atoms with van der Waals surface area (Å²) in [7, 11) is 1.74. The van der Waals surface area contributed by atoms with Crippen LogP contribution in [0.25, 0.3) is 0 Å². The highest BCUT2D eigenvalue weighted by Gasteiger charge is 2.38. The molecule has 0 N–H and O–H groups in total. The average Bonchev–Trinajstić information content (AvgIpc) is 3.30. The molecular formula is C20H30N2O4. The quantitative estimate of drug-likeness (QED) is 0.741. The Bertz CT molecular complexity index is 628. The fourth-order valence-corrected chi connectivity index (χ4v) is 3.33. The van der Waals surface area contributed by atoms with Gasteiger partial charge in [-0.1, -0.05) is 0 Å². The van der Waals surface area contributed by atoms with E-state index in [1.54, 1.807) is 18.2 Å². The van der Waals surface area contributed by atoms with E-state index >= 15 is 0 Å². The van der Waals surface area contributed by atoms with Crippen LogP contribution in [0.15, 0.2) is 18.5 Å². The van der Waals surface area contributed by atoms with Crippen LogP contribution in [0.5, 0.6) is 5.75 Å². The zero-order valence-electron chi connectivity index (χ0n) is 16.2. The summed E-state index contributed by atoms with van der Waals surface area (Å²) in [6.07, 6.45) is 6.65. The molecule has 26 heavy (non-hydrogen) atoms. The second kappa shape index (κ2) is 7.82. The predicted molar refractivity (Wildman–Crippen MR) is 98.4 cm³/mol. The maximum absolute atomic E-state index is 12.2. The van der Waals surface area contributed by atoms with Crippen molar-refractivity contribution < 1.29 is 19.0 Å². The van der Waals surface area contributed by atoms with Crippen LogP contribution in [-0.2, 0) is 9.47 Å². The van der Waals surface area contributed by atoms with Crippen LogP contribution in [0, 0.1) is 5.92 Å². The highest BCUT2D eigenvalue weighted by atomic mass is 16.6. The summed E-state index contributed by atoms with van der Waals surface area (Å²) in [5, 5.41) is 0. The number of carbonyl (C=O) groups is 1. The summed E-state index contributed by atoms with van der Waals surface area (Å²) in [4.78, 5) is 18.2. The van der Waals surface area contributed by atoms with E-state index in [2.05, 4.69) is 11.1 Å². The SMILES string of the molecule is COCC[C@H]1C[C@@H]1c1cncc(OC[C@@H]2CCN2C(=O)OC(C)(C)C)c1. The molecule has 6 heteroatoms. The number of carbonyl (C=O) groups excluding carboxylic acids is 1. The van der Waals surface area contributed by atoms with Crippen LogP contribution in [0.3, 0.4) is 0 Å². The molecule has 144 valence electrons. The summed E-state index contributed by atoms with van der Waals surface area (Å²) >= 11 is 0. The van der Waals surface area contributed by atoms with Gasteiger partial charge in [-0.3, -0.25) is 4.98 Å². The zero-order valence-corrected chi connectivity index (χ0v) is 16.2. The molecule has 6 nitrogen and oxygen atoms in total. The van der Waals surface area contributed by atoms with E-state index in [1.165, 1.54) is 12.0 Å². The van der Waals surface area contributed by atoms with Crippen molar-refractivity contribution >= 4 is 6.09 Å². The second-order valence-electron chi connectivity index (χ2n) is 8.26. The molecule has 1 saturated heterocycles. The lowest BCUT2D eigenvalue weighted by atomic mass is 10.1. The van der Waals surface area contributed by atoms with Gasteiger partial charge in [0, 0.05) is 26.5 Å². The fraction of sp³-hybridized carbons (Fsp3) is 0.700. The van der Waals surface area contributed by atoms with Gasteiger partial charge in [0.2, 0.25) is 0 Å². The lowest BCUT2D eigenvalue weighted by Crippen LogP contribution is -2.55. The van der Waals surface area contributed by atoms with E-state index < -0.39 is 5.60 Å². The van der Waals surface area contributed by atoms with Gasteiger partial charge in [-0.05, 0) is 63.5 Å². The predicted octanol–water partition coefficient (Wildman–Crippen LogP) is 3.61. The third-order valence-electron chi connectivity index (χ3n) is 4.99. The molecule has 3 atom stereocenters. The maximum atomic E-state index is 12.2. The van der Waals surface area contributed by atoms with Crippen LogP contribution in [-0.4, -0.2) is 54.5 Å². The van der Waals surface area contributed by atoms with Gasteiger partial charge >= 0.3 is 6.09 Å². The zero-order chi connectivity index (χ0) is 18.7. The van der Waals surface area contributed by atoms with E-state index in [4.69, 9.17) is 14.2 Å². The summed E-state index contributed by atoms with van der Waals surface area (Å²) in [5.41, 5.74) is 0.765. The van der Waals surface area contributed by atoms with Gasteiger partial charge < -0.3 is 19.1 Å². The Kier molecular flexibility index (Phi) is 5.70. The second-order valence-corrected chi connectivity index (χ2v) is 8.26. The Labute approximate surface area is 155 Å². The van der Waals surface area contributed by atoms with E-state index in [1.807, 2.05) is 27.0 Å². The molecule has 0 radical (unpaired) electrons. The molecule has 1 aromatic rings. The number of ether oxygens (including phenoxy) is 3. The highest BCUT2D eigenvalue weighted by molar-refractivity contribution is 5.69.